The number of aromatic hydroxyl groups is 2. The zero-order chi connectivity index (χ0) is 38.6. The molecule has 2 aliphatic rings. The number of carbonyl (C=O) groups excluding carboxylic acids is 4. The molecule has 2 aliphatic heterocycles. The Morgan fingerprint density at radius 2 is 0.907 bits per heavy atom. The Labute approximate surface area is 304 Å². The number of phenolic OH excluding ortho intramolecular Hbond substituents is 2. The lowest BCUT2D eigenvalue weighted by atomic mass is 9.72. The van der Waals surface area contributed by atoms with E-state index < -0.39 is 75.4 Å². The van der Waals surface area contributed by atoms with Gasteiger partial charge in [-0.05, 0) is 71.1 Å². The summed E-state index contributed by atoms with van der Waals surface area (Å²) in [6.45, 7) is 0. The minimum atomic E-state index is -6.26. The summed E-state index contributed by atoms with van der Waals surface area (Å²) in [5.41, 5.74) is -10.7. The van der Waals surface area contributed by atoms with Gasteiger partial charge in [-0.2, -0.15) is 26.3 Å². The Morgan fingerprint density at radius 3 is 1.35 bits per heavy atom. The van der Waals surface area contributed by atoms with Gasteiger partial charge in [-0.1, -0.05) is 60.1 Å². The van der Waals surface area contributed by atoms with Crippen LogP contribution in [0.15, 0.2) is 103 Å². The first-order chi connectivity index (χ1) is 25.5. The number of hydrogen-bond acceptors (Lipinski definition) is 6. The van der Waals surface area contributed by atoms with Crippen LogP contribution in [0, 0.1) is 0 Å². The third-order valence-corrected chi connectivity index (χ3v) is 10.1. The van der Waals surface area contributed by atoms with E-state index >= 15 is 26.3 Å². The van der Waals surface area contributed by atoms with E-state index in [1.807, 2.05) is 0 Å². The van der Waals surface area contributed by atoms with Crippen molar-refractivity contribution in [2.75, 3.05) is 9.80 Å². The van der Waals surface area contributed by atoms with E-state index in [-0.39, 0.29) is 60.5 Å². The molecule has 0 bridgehead atoms. The van der Waals surface area contributed by atoms with Crippen LogP contribution in [0.3, 0.4) is 0 Å². The normalized spacial score (nSPS) is 14.8. The van der Waals surface area contributed by atoms with Crippen molar-refractivity contribution in [3.8, 4) is 11.5 Å². The van der Waals surface area contributed by atoms with E-state index in [1.54, 1.807) is 12.1 Å². The minimum absolute atomic E-state index is 0.0935. The second-order valence-electron chi connectivity index (χ2n) is 12.6. The van der Waals surface area contributed by atoms with Gasteiger partial charge in [-0.15, -0.1) is 0 Å². The summed E-state index contributed by atoms with van der Waals surface area (Å²) in [7, 11) is 0. The lowest BCUT2D eigenvalue weighted by Gasteiger charge is -2.39. The summed E-state index contributed by atoms with van der Waals surface area (Å²) in [5.74, 6) is -6.57. The van der Waals surface area contributed by atoms with Crippen LogP contribution < -0.4 is 9.80 Å². The number of benzene rings is 6. The summed E-state index contributed by atoms with van der Waals surface area (Å²) in [6.07, 6.45) is -12.5. The van der Waals surface area contributed by atoms with Crippen molar-refractivity contribution < 1.29 is 55.7 Å². The van der Waals surface area contributed by atoms with Gasteiger partial charge in [0.05, 0.1) is 11.4 Å². The highest BCUT2D eigenvalue weighted by atomic mass is 35.5. The molecule has 54 heavy (non-hydrogen) atoms. The number of anilines is 2. The Morgan fingerprint density at radius 1 is 0.500 bits per heavy atom. The van der Waals surface area contributed by atoms with Gasteiger partial charge in [-0.3, -0.25) is 19.2 Å². The lowest BCUT2D eigenvalue weighted by Crippen LogP contribution is -2.55. The SMILES string of the molecule is O=C1c2cccc3cccc(c23)C(=O)N1c1cc(C(c2ccc(O)c(N3C(=O)c4cccc5c(Cl)ccc(c45)C3=O)c2)(C(F)(F)F)C(F)(F)F)ccc1O. The monoisotopic (exact) mass is 760 g/mol. The number of rotatable bonds is 4. The zero-order valence-corrected chi connectivity index (χ0v) is 27.6. The average Bonchev–Trinajstić information content (AvgIpc) is 3.11. The molecule has 0 radical (unpaired) electrons. The molecule has 4 amide bonds. The van der Waals surface area contributed by atoms with E-state index in [0.717, 1.165) is 0 Å². The minimum Gasteiger partial charge on any atom is -0.506 e. The molecular weight excluding hydrogens is 742 g/mol. The second kappa shape index (κ2) is 11.5. The maximum atomic E-state index is 15.5. The van der Waals surface area contributed by atoms with E-state index in [9.17, 15) is 29.4 Å². The molecule has 8 rings (SSSR count). The van der Waals surface area contributed by atoms with Crippen molar-refractivity contribution in [1.29, 1.82) is 0 Å². The molecule has 15 heteroatoms. The van der Waals surface area contributed by atoms with Gasteiger partial charge in [-0.25, -0.2) is 9.80 Å². The molecule has 2 N–H and O–H groups in total. The number of halogens is 7. The van der Waals surface area contributed by atoms with Gasteiger partial charge in [0.2, 0.25) is 5.41 Å². The van der Waals surface area contributed by atoms with Crippen LogP contribution in [0.1, 0.15) is 52.6 Å². The molecule has 270 valence electrons. The number of amides is 4. The topological polar surface area (TPSA) is 115 Å². The predicted octanol–water partition coefficient (Wildman–Crippen LogP) is 9.07. The molecule has 6 aromatic rings. The van der Waals surface area contributed by atoms with Gasteiger partial charge in [0.25, 0.3) is 23.6 Å². The molecule has 0 aromatic heterocycles. The van der Waals surface area contributed by atoms with E-state index in [0.29, 0.717) is 34.6 Å². The summed E-state index contributed by atoms with van der Waals surface area (Å²) >= 11 is 6.25. The number of hydrogen-bond donors (Lipinski definition) is 2. The molecule has 0 fully saturated rings. The molecule has 0 atom stereocenters. The summed E-state index contributed by atoms with van der Waals surface area (Å²) in [6, 6.07) is 17.6. The fourth-order valence-corrected chi connectivity index (χ4v) is 7.60. The predicted molar refractivity (Wildman–Crippen MR) is 184 cm³/mol. The van der Waals surface area contributed by atoms with Crippen molar-refractivity contribution in [1.82, 2.24) is 0 Å². The molecule has 0 saturated heterocycles. The Balaban J connectivity index is 1.33. The van der Waals surface area contributed by atoms with Gasteiger partial charge in [0, 0.05) is 43.4 Å². The smallest absolute Gasteiger partial charge is 0.411 e. The fraction of sp³-hybridized carbons (Fsp3) is 0.0769. The Hall–Kier alpha value is -6.41. The van der Waals surface area contributed by atoms with Gasteiger partial charge >= 0.3 is 12.4 Å². The molecule has 6 aromatic carbocycles. The third kappa shape index (κ3) is 4.59. The van der Waals surface area contributed by atoms with Crippen LogP contribution in [0.2, 0.25) is 5.02 Å². The van der Waals surface area contributed by atoms with E-state index in [1.165, 1.54) is 54.6 Å². The first-order valence-corrected chi connectivity index (χ1v) is 16.2. The largest absolute Gasteiger partial charge is 0.506 e. The van der Waals surface area contributed by atoms with Gasteiger partial charge in [0.1, 0.15) is 11.5 Å². The van der Waals surface area contributed by atoms with Crippen LogP contribution in [0.5, 0.6) is 11.5 Å². The van der Waals surface area contributed by atoms with Crippen molar-refractivity contribution in [3.63, 3.8) is 0 Å². The van der Waals surface area contributed by atoms with Gasteiger partial charge in [0.15, 0.2) is 0 Å². The summed E-state index contributed by atoms with van der Waals surface area (Å²) in [4.78, 5) is 55.6. The highest BCUT2D eigenvalue weighted by molar-refractivity contribution is 6.41. The molecule has 8 nitrogen and oxygen atoms in total. The van der Waals surface area contributed by atoms with Crippen LogP contribution >= 0.6 is 11.6 Å². The molecule has 0 aliphatic carbocycles. The maximum Gasteiger partial charge on any atom is 0.411 e. The molecule has 0 saturated carbocycles. The van der Waals surface area contributed by atoms with Crippen LogP contribution in [0.4, 0.5) is 37.7 Å². The van der Waals surface area contributed by atoms with Crippen molar-refractivity contribution >= 4 is 68.1 Å². The number of imide groups is 2. The Kier molecular flexibility index (Phi) is 7.41. The Bertz CT molecular complexity index is 2610. The van der Waals surface area contributed by atoms with Crippen molar-refractivity contribution in [2.45, 2.75) is 17.8 Å². The highest BCUT2D eigenvalue weighted by Gasteiger charge is 2.73. The maximum absolute atomic E-state index is 15.5. The molecule has 0 spiro atoms. The van der Waals surface area contributed by atoms with Crippen LogP contribution in [-0.2, 0) is 5.41 Å². The van der Waals surface area contributed by atoms with Crippen LogP contribution in [0.25, 0.3) is 21.5 Å². The zero-order valence-electron chi connectivity index (χ0n) is 26.9. The summed E-state index contributed by atoms with van der Waals surface area (Å²) in [5, 5.41) is 22.9. The molecule has 0 unspecified atom stereocenters. The molecule has 2 heterocycles. The highest BCUT2D eigenvalue weighted by Crippen LogP contribution is 2.58. The quantitative estimate of drug-likeness (QED) is 0.137. The fourth-order valence-electron chi connectivity index (χ4n) is 7.38. The first kappa shape index (κ1) is 34.7. The van der Waals surface area contributed by atoms with Crippen LogP contribution in [-0.4, -0.2) is 46.2 Å². The van der Waals surface area contributed by atoms with Crippen molar-refractivity contribution in [2.24, 2.45) is 0 Å². The second-order valence-corrected chi connectivity index (χ2v) is 13.0. The number of carbonyl (C=O) groups is 4. The lowest BCUT2D eigenvalue weighted by molar-refractivity contribution is -0.288. The van der Waals surface area contributed by atoms with E-state index in [2.05, 4.69) is 0 Å². The standard InChI is InChI=1S/C39H19ClF6N2O6/c40-26-13-12-25-32-21(26)6-3-9-24(32)35(53)48(36(25)54)28-17-20(11-15-30(28)50)37(38(41,42)43,39(44,45)46)19-10-14-29(49)27(16-19)47-33(51)22-7-1-4-18-5-2-8-23(31(18)22)34(47)52/h1-17,49-50H. The van der Waals surface area contributed by atoms with Crippen molar-refractivity contribution in [3.05, 3.63) is 142 Å². The third-order valence-electron chi connectivity index (χ3n) is 9.78. The van der Waals surface area contributed by atoms with Gasteiger partial charge < -0.3 is 10.2 Å². The molecular formula is C39H19ClF6N2O6. The first-order valence-electron chi connectivity index (χ1n) is 15.8. The van der Waals surface area contributed by atoms with E-state index in [4.69, 9.17) is 11.6 Å². The number of phenols is 2. The number of nitrogens with zero attached hydrogens (tertiary/aromatic N) is 2. The number of alkyl halides is 6. The average molecular weight is 761 g/mol. The summed E-state index contributed by atoms with van der Waals surface area (Å²) < 4.78 is 92.9.